The van der Waals surface area contributed by atoms with Crippen molar-refractivity contribution in [2.24, 2.45) is 5.92 Å². The van der Waals surface area contributed by atoms with E-state index in [0.29, 0.717) is 5.56 Å². The average Bonchev–Trinajstić information content (AvgIpc) is 2.40. The van der Waals surface area contributed by atoms with Gasteiger partial charge in [-0.15, -0.1) is 0 Å². The predicted molar refractivity (Wildman–Crippen MR) is 81.4 cm³/mol. The second kappa shape index (κ2) is 7.68. The SMILES string of the molecule is CC(C)(C)OC(=O)[C@@H](c1ccccc1)C(CCC(F)(F)F)C(=O)O. The Balaban J connectivity index is 3.18. The molecule has 0 fully saturated rings. The van der Waals surface area contributed by atoms with E-state index in [1.54, 1.807) is 39.0 Å². The summed E-state index contributed by atoms with van der Waals surface area (Å²) < 4.78 is 42.8. The van der Waals surface area contributed by atoms with Crippen LogP contribution in [0.5, 0.6) is 0 Å². The maximum atomic E-state index is 12.5. The first kappa shape index (κ1) is 20.0. The van der Waals surface area contributed by atoms with E-state index in [4.69, 9.17) is 4.74 Å². The molecule has 0 aliphatic heterocycles. The van der Waals surface area contributed by atoms with Crippen molar-refractivity contribution in [2.45, 2.75) is 51.3 Å². The van der Waals surface area contributed by atoms with E-state index >= 15 is 0 Å². The van der Waals surface area contributed by atoms with Crippen LogP contribution in [0.1, 0.15) is 45.1 Å². The molecule has 0 radical (unpaired) electrons. The van der Waals surface area contributed by atoms with Crippen LogP contribution in [0, 0.1) is 5.92 Å². The summed E-state index contributed by atoms with van der Waals surface area (Å²) in [5.41, 5.74) is -0.557. The van der Waals surface area contributed by atoms with Gasteiger partial charge in [0.1, 0.15) is 5.60 Å². The van der Waals surface area contributed by atoms with E-state index < -0.39 is 48.4 Å². The first-order chi connectivity index (χ1) is 10.9. The van der Waals surface area contributed by atoms with Crippen LogP contribution in [0.3, 0.4) is 0 Å². The molecule has 0 saturated carbocycles. The molecule has 4 nitrogen and oxygen atoms in total. The molecule has 0 heterocycles. The van der Waals surface area contributed by atoms with Crippen molar-refractivity contribution < 1.29 is 32.6 Å². The molecule has 0 spiro atoms. The number of esters is 1. The van der Waals surface area contributed by atoms with Gasteiger partial charge in [0.05, 0.1) is 11.8 Å². The lowest BCUT2D eigenvalue weighted by atomic mass is 9.83. The van der Waals surface area contributed by atoms with Crippen LogP contribution in [0.2, 0.25) is 0 Å². The van der Waals surface area contributed by atoms with E-state index in [-0.39, 0.29) is 0 Å². The van der Waals surface area contributed by atoms with Gasteiger partial charge in [-0.2, -0.15) is 13.2 Å². The average molecular weight is 346 g/mol. The number of hydrogen-bond donors (Lipinski definition) is 1. The van der Waals surface area contributed by atoms with E-state index in [2.05, 4.69) is 0 Å². The molecule has 134 valence electrons. The van der Waals surface area contributed by atoms with Gasteiger partial charge in [0, 0.05) is 6.42 Å². The van der Waals surface area contributed by atoms with Gasteiger partial charge in [-0.1, -0.05) is 30.3 Å². The van der Waals surface area contributed by atoms with E-state index in [0.717, 1.165) is 0 Å². The van der Waals surface area contributed by atoms with E-state index in [1.165, 1.54) is 12.1 Å². The summed E-state index contributed by atoms with van der Waals surface area (Å²) in [6.45, 7) is 4.83. The molecule has 0 aliphatic carbocycles. The fourth-order valence-electron chi connectivity index (χ4n) is 2.31. The zero-order valence-corrected chi connectivity index (χ0v) is 13.8. The number of carbonyl (C=O) groups excluding carboxylic acids is 1. The summed E-state index contributed by atoms with van der Waals surface area (Å²) in [5.74, 6) is -5.13. The highest BCUT2D eigenvalue weighted by molar-refractivity contribution is 5.85. The minimum Gasteiger partial charge on any atom is -0.481 e. The normalized spacial score (nSPS) is 14.8. The molecule has 0 aliphatic rings. The first-order valence-corrected chi connectivity index (χ1v) is 7.48. The third-order valence-electron chi connectivity index (χ3n) is 3.28. The highest BCUT2D eigenvalue weighted by Gasteiger charge is 2.40. The third kappa shape index (κ3) is 6.60. The quantitative estimate of drug-likeness (QED) is 0.786. The van der Waals surface area contributed by atoms with Gasteiger partial charge in [-0.3, -0.25) is 9.59 Å². The molecule has 24 heavy (non-hydrogen) atoms. The van der Waals surface area contributed by atoms with Gasteiger partial charge in [0.25, 0.3) is 0 Å². The molecule has 1 N–H and O–H groups in total. The number of carboxylic acid groups (broad SMARTS) is 1. The van der Waals surface area contributed by atoms with Gasteiger partial charge >= 0.3 is 18.1 Å². The van der Waals surface area contributed by atoms with Crippen LogP contribution in [-0.2, 0) is 14.3 Å². The number of halogens is 3. The number of rotatable bonds is 6. The number of benzene rings is 1. The van der Waals surface area contributed by atoms with Crippen LogP contribution < -0.4 is 0 Å². The highest BCUT2D eigenvalue weighted by atomic mass is 19.4. The number of alkyl halides is 3. The summed E-state index contributed by atoms with van der Waals surface area (Å²) in [4.78, 5) is 24.0. The lowest BCUT2D eigenvalue weighted by Crippen LogP contribution is -2.34. The van der Waals surface area contributed by atoms with Gasteiger partial charge in [0.15, 0.2) is 0 Å². The van der Waals surface area contributed by atoms with Crippen LogP contribution in [0.4, 0.5) is 13.2 Å². The maximum absolute atomic E-state index is 12.5. The largest absolute Gasteiger partial charge is 0.481 e. The summed E-state index contributed by atoms with van der Waals surface area (Å²) in [6, 6.07) is 7.88. The zero-order valence-electron chi connectivity index (χ0n) is 13.8. The molecular formula is C17H21F3O4. The molecular weight excluding hydrogens is 325 g/mol. The Morgan fingerprint density at radius 1 is 1.12 bits per heavy atom. The Morgan fingerprint density at radius 2 is 1.67 bits per heavy atom. The van der Waals surface area contributed by atoms with Gasteiger partial charge in [-0.05, 0) is 32.8 Å². The number of hydrogen-bond acceptors (Lipinski definition) is 3. The Kier molecular flexibility index (Phi) is 6.40. The Morgan fingerprint density at radius 3 is 2.08 bits per heavy atom. The fraction of sp³-hybridized carbons (Fsp3) is 0.529. The van der Waals surface area contributed by atoms with Gasteiger partial charge < -0.3 is 9.84 Å². The third-order valence-corrected chi connectivity index (χ3v) is 3.28. The fourth-order valence-corrected chi connectivity index (χ4v) is 2.31. The standard InChI is InChI=1S/C17H21F3O4/c1-16(2,3)24-15(23)13(11-7-5-4-6-8-11)12(14(21)22)9-10-17(18,19)20/h4-8,12-13H,9-10H2,1-3H3,(H,21,22)/t12?,13-/m0/s1. The summed E-state index contributed by atoms with van der Waals surface area (Å²) >= 11 is 0. The van der Waals surface area contributed by atoms with Crippen molar-refractivity contribution in [3.8, 4) is 0 Å². The van der Waals surface area contributed by atoms with E-state index in [1.807, 2.05) is 0 Å². The van der Waals surface area contributed by atoms with Crippen LogP contribution >= 0.6 is 0 Å². The number of carboxylic acids is 1. The van der Waals surface area contributed by atoms with Gasteiger partial charge in [0.2, 0.25) is 0 Å². The molecule has 7 heteroatoms. The summed E-state index contributed by atoms with van der Waals surface area (Å²) in [5, 5.41) is 9.37. The Bertz CT molecular complexity index is 561. The summed E-state index contributed by atoms with van der Waals surface area (Å²) in [6.07, 6.45) is -6.48. The molecule has 0 bridgehead atoms. The minimum absolute atomic E-state index is 0.321. The van der Waals surface area contributed by atoms with Crippen LogP contribution in [-0.4, -0.2) is 28.8 Å². The molecule has 0 amide bonds. The van der Waals surface area contributed by atoms with Crippen molar-refractivity contribution in [3.63, 3.8) is 0 Å². The topological polar surface area (TPSA) is 63.6 Å². The van der Waals surface area contributed by atoms with Crippen molar-refractivity contribution in [1.82, 2.24) is 0 Å². The predicted octanol–water partition coefficient (Wildman–Crippen LogP) is 4.16. The molecule has 0 saturated heterocycles. The minimum atomic E-state index is -4.50. The number of aliphatic carboxylic acids is 1. The van der Waals surface area contributed by atoms with Crippen LogP contribution in [0.25, 0.3) is 0 Å². The van der Waals surface area contributed by atoms with Crippen molar-refractivity contribution in [1.29, 1.82) is 0 Å². The monoisotopic (exact) mass is 346 g/mol. The molecule has 1 rings (SSSR count). The molecule has 1 unspecified atom stereocenters. The lowest BCUT2D eigenvalue weighted by molar-refractivity contribution is -0.165. The van der Waals surface area contributed by atoms with Crippen molar-refractivity contribution in [3.05, 3.63) is 35.9 Å². The van der Waals surface area contributed by atoms with Crippen molar-refractivity contribution >= 4 is 11.9 Å². The second-order valence-corrected chi connectivity index (χ2v) is 6.52. The lowest BCUT2D eigenvalue weighted by Gasteiger charge is -2.28. The highest BCUT2D eigenvalue weighted by Crippen LogP contribution is 2.34. The Labute approximate surface area is 138 Å². The van der Waals surface area contributed by atoms with Crippen molar-refractivity contribution in [2.75, 3.05) is 0 Å². The number of ether oxygens (including phenoxy) is 1. The molecule has 2 atom stereocenters. The van der Waals surface area contributed by atoms with Gasteiger partial charge in [-0.25, -0.2) is 0 Å². The maximum Gasteiger partial charge on any atom is 0.389 e. The smallest absolute Gasteiger partial charge is 0.389 e. The second-order valence-electron chi connectivity index (χ2n) is 6.52. The number of carbonyl (C=O) groups is 2. The van der Waals surface area contributed by atoms with Crippen LogP contribution in [0.15, 0.2) is 30.3 Å². The molecule has 1 aromatic rings. The summed E-state index contributed by atoms with van der Waals surface area (Å²) in [7, 11) is 0. The molecule has 0 aromatic heterocycles. The Hall–Kier alpha value is -2.05. The van der Waals surface area contributed by atoms with E-state index in [9.17, 15) is 27.9 Å². The molecule has 1 aromatic carbocycles. The zero-order chi connectivity index (χ0) is 18.5. The first-order valence-electron chi connectivity index (χ1n) is 7.48.